The summed E-state index contributed by atoms with van der Waals surface area (Å²) in [6.07, 6.45) is 1.87. The summed E-state index contributed by atoms with van der Waals surface area (Å²) in [5.41, 5.74) is -1.84. The van der Waals surface area contributed by atoms with Gasteiger partial charge in [0.1, 0.15) is 11.6 Å². The first-order valence-electron chi connectivity index (χ1n) is 21.9. The summed E-state index contributed by atoms with van der Waals surface area (Å²) in [5.74, 6) is 13.5. The fourth-order valence-corrected chi connectivity index (χ4v) is 16.5. The molecular formula is C44H67N5O12S6. The van der Waals surface area contributed by atoms with Crippen LogP contribution in [0.1, 0.15) is 120 Å². The number of carbonyl (C=O) groups excluding carboxylic acids is 7. The third-order valence-corrected chi connectivity index (χ3v) is 19.9. The van der Waals surface area contributed by atoms with Crippen molar-refractivity contribution < 1.29 is 56.7 Å². The molecule has 0 atom stereocenters. The van der Waals surface area contributed by atoms with Crippen molar-refractivity contribution in [2.45, 2.75) is 120 Å². The number of rotatable bonds is 23. The molecule has 3 aliphatic heterocycles. The zero-order chi connectivity index (χ0) is 50.5. The summed E-state index contributed by atoms with van der Waals surface area (Å²) < 4.78 is 34.6. The molecule has 0 spiro atoms. The van der Waals surface area contributed by atoms with Gasteiger partial charge in [0.25, 0.3) is 11.8 Å². The van der Waals surface area contributed by atoms with E-state index in [0.717, 1.165) is 5.75 Å². The van der Waals surface area contributed by atoms with Crippen LogP contribution in [0.2, 0.25) is 0 Å². The van der Waals surface area contributed by atoms with E-state index in [-0.39, 0.29) is 73.1 Å². The molecule has 0 bridgehead atoms. The van der Waals surface area contributed by atoms with Gasteiger partial charge in [0, 0.05) is 119 Å². The van der Waals surface area contributed by atoms with Gasteiger partial charge in [-0.05, 0) is 68.2 Å². The van der Waals surface area contributed by atoms with Crippen LogP contribution in [0.5, 0.6) is 0 Å². The lowest BCUT2D eigenvalue weighted by Crippen LogP contribution is -2.32. The highest BCUT2D eigenvalue weighted by atomic mass is 33.1. The van der Waals surface area contributed by atoms with E-state index in [1.807, 2.05) is 55.4 Å². The summed E-state index contributed by atoms with van der Waals surface area (Å²) in [5, 5.41) is 14.4. The van der Waals surface area contributed by atoms with Gasteiger partial charge in [-0.2, -0.15) is 0 Å². The number of urea groups is 2. The molecule has 1 fully saturated rings. The normalized spacial score (nSPS) is 19.0. The van der Waals surface area contributed by atoms with Gasteiger partial charge < -0.3 is 20.6 Å². The van der Waals surface area contributed by atoms with Crippen LogP contribution >= 0.6 is 43.2 Å². The quantitative estimate of drug-likeness (QED) is 0.0397. The van der Waals surface area contributed by atoms with E-state index in [0.29, 0.717) is 61.1 Å². The van der Waals surface area contributed by atoms with Crippen molar-refractivity contribution >= 4 is 110 Å². The fourth-order valence-electron chi connectivity index (χ4n) is 6.51. The maximum absolute atomic E-state index is 13.3. The minimum absolute atomic E-state index is 0.00786. The number of carboxylic acids is 1. The second-order valence-corrected chi connectivity index (χ2v) is 28.8. The lowest BCUT2D eigenvalue weighted by atomic mass is 9.92. The first-order valence-corrected chi connectivity index (χ1v) is 30.6. The topological polar surface area (TPSA) is 252 Å². The number of imide groups is 1. The van der Waals surface area contributed by atoms with Gasteiger partial charge in [0.05, 0.1) is 32.3 Å². The number of aliphatic carboxylic acids is 1. The van der Waals surface area contributed by atoms with E-state index in [1.165, 1.54) is 0 Å². The molecule has 3 heterocycles. The predicted molar refractivity (Wildman–Crippen MR) is 270 cm³/mol. The number of ketones is 2. The summed E-state index contributed by atoms with van der Waals surface area (Å²) in [7, 11) is 0.841. The Balaban J connectivity index is 0.000000471. The number of nitrogens with zero attached hydrogens (tertiary/aromatic N) is 3. The van der Waals surface area contributed by atoms with Crippen molar-refractivity contribution in [1.29, 1.82) is 0 Å². The number of hydroxylamine groups is 2. The first-order chi connectivity index (χ1) is 31.0. The van der Waals surface area contributed by atoms with Gasteiger partial charge in [0.15, 0.2) is 0 Å². The molecule has 3 aliphatic rings. The molecule has 23 heteroatoms. The number of nitrogens with one attached hydrogen (secondary N) is 2. The smallest absolute Gasteiger partial charge is 0.349 e. The van der Waals surface area contributed by atoms with E-state index in [2.05, 4.69) is 43.0 Å². The van der Waals surface area contributed by atoms with Crippen LogP contribution in [0.4, 0.5) is 9.59 Å². The third-order valence-electron chi connectivity index (χ3n) is 9.20. The van der Waals surface area contributed by atoms with Crippen molar-refractivity contribution in [1.82, 2.24) is 15.7 Å². The summed E-state index contributed by atoms with van der Waals surface area (Å²) in [6.45, 7) is 16.1. The summed E-state index contributed by atoms with van der Waals surface area (Å²) in [4.78, 5) is 97.6. The molecule has 1 saturated heterocycles. The minimum atomic E-state index is -2.74. The fraction of sp³-hybridized carbons (Fsp3) is 0.727. The van der Waals surface area contributed by atoms with E-state index >= 15 is 0 Å². The third kappa shape index (κ3) is 26.4. The highest BCUT2D eigenvalue weighted by Crippen LogP contribution is 2.31. The summed E-state index contributed by atoms with van der Waals surface area (Å²) in [6, 6.07) is -1.13. The highest BCUT2D eigenvalue weighted by molar-refractivity contribution is 8.77. The summed E-state index contributed by atoms with van der Waals surface area (Å²) >= 11 is 0. The predicted octanol–water partition coefficient (Wildman–Crippen LogP) is 7.18. The largest absolute Gasteiger partial charge is 0.481 e. The van der Waals surface area contributed by atoms with Crippen LogP contribution < -0.4 is 10.6 Å². The lowest BCUT2D eigenvalue weighted by Gasteiger charge is -2.21. The Labute approximate surface area is 412 Å². The molecule has 0 aromatic carbocycles. The maximum atomic E-state index is 13.3. The molecule has 3 rings (SSSR count). The maximum Gasteiger partial charge on any atom is 0.349 e. The standard InChI is InChI=1S/C24H35N3O7S3.C20H32N2O5S3/c1-23(2)11-12-24(3,4)17-37(33,16-23)26-22(32)25-13-15-36-35-14-5-6-18(28)7-10-21(31)34-27-19(29)8-9-20(27)30;1-19(2)9-10-20(3,4)15-30(27,14-19)22-18(26)21-11-13-29-28-12-5-6-16(23)7-8-17(24)25/h5-10,13-17H2,1-4H3,(H,25,32);5-8,11-15H2,1-4H3,(H,21,26)(H,24,25). The molecule has 376 valence electrons. The number of Topliss-reactive ketones (excluding diaryl/α,β-unsaturated/α-hetero) is 2. The average Bonchev–Trinajstić information content (AvgIpc) is 3.41. The Morgan fingerprint density at radius 2 is 0.925 bits per heavy atom. The molecule has 0 saturated carbocycles. The van der Waals surface area contributed by atoms with Gasteiger partial charge >= 0.3 is 24.0 Å². The SMILES string of the molecule is CC1(C)C#CC(C)(C)CS(=O)(=NC(=O)NCCSSCCCC(=O)CCC(=O)O)C1.CC1(C)C#CC(C)(C)CS(=O)(=NC(=O)NCCSSCCCC(=O)CCC(=O)ON2C(=O)CCC2=O)C1. The Morgan fingerprint density at radius 3 is 1.28 bits per heavy atom. The molecule has 0 aromatic rings. The van der Waals surface area contributed by atoms with Crippen LogP contribution in [0.25, 0.3) is 0 Å². The van der Waals surface area contributed by atoms with Gasteiger partial charge in [0.2, 0.25) is 0 Å². The van der Waals surface area contributed by atoms with E-state index in [1.54, 1.807) is 43.2 Å². The zero-order valence-electron chi connectivity index (χ0n) is 39.9. The van der Waals surface area contributed by atoms with E-state index < -0.39 is 76.9 Å². The second kappa shape index (κ2) is 27.8. The molecule has 6 amide bonds. The molecule has 3 N–H and O–H groups in total. The molecular weight excluding hydrogens is 983 g/mol. The molecule has 0 radical (unpaired) electrons. The number of amides is 6. The molecule has 0 unspecified atom stereocenters. The molecule has 17 nitrogen and oxygen atoms in total. The van der Waals surface area contributed by atoms with Crippen molar-refractivity contribution in [3.05, 3.63) is 0 Å². The van der Waals surface area contributed by atoms with Crippen molar-refractivity contribution in [2.75, 3.05) is 59.1 Å². The molecule has 67 heavy (non-hydrogen) atoms. The van der Waals surface area contributed by atoms with Gasteiger partial charge in [-0.25, -0.2) is 22.8 Å². The van der Waals surface area contributed by atoms with Crippen molar-refractivity contribution in [3.63, 3.8) is 0 Å². The zero-order valence-corrected chi connectivity index (χ0v) is 44.8. The van der Waals surface area contributed by atoms with Crippen molar-refractivity contribution in [2.24, 2.45) is 30.4 Å². The van der Waals surface area contributed by atoms with Gasteiger partial charge in [-0.3, -0.25) is 24.0 Å². The Bertz CT molecular complexity index is 2150. The highest BCUT2D eigenvalue weighted by Gasteiger charge is 2.35. The van der Waals surface area contributed by atoms with Gasteiger partial charge in [-0.1, -0.05) is 66.9 Å². The monoisotopic (exact) mass is 1050 g/mol. The van der Waals surface area contributed by atoms with Crippen molar-refractivity contribution in [3.8, 4) is 23.7 Å². The second-order valence-electron chi connectivity index (χ2n) is 18.8. The number of carboxylic acid groups (broad SMARTS) is 1. The van der Waals surface area contributed by atoms with E-state index in [9.17, 15) is 46.8 Å². The van der Waals surface area contributed by atoms with Crippen LogP contribution in [0.15, 0.2) is 8.73 Å². The number of hydrogen-bond donors (Lipinski definition) is 3. The molecule has 0 aliphatic carbocycles. The Kier molecular flexibility index (Phi) is 24.9. The van der Waals surface area contributed by atoms with Crippen LogP contribution in [0, 0.1) is 45.3 Å². The minimum Gasteiger partial charge on any atom is -0.481 e. The van der Waals surface area contributed by atoms with E-state index in [4.69, 9.17) is 9.94 Å². The van der Waals surface area contributed by atoms with Crippen LogP contribution in [-0.4, -0.2) is 125 Å². The number of carbonyl (C=O) groups is 8. The number of hydrogen-bond acceptors (Lipinski definition) is 15. The lowest BCUT2D eigenvalue weighted by molar-refractivity contribution is -0.197. The van der Waals surface area contributed by atoms with Crippen LogP contribution in [0.3, 0.4) is 0 Å². The van der Waals surface area contributed by atoms with Crippen LogP contribution in [-0.2, 0) is 53.1 Å². The Morgan fingerprint density at radius 1 is 0.582 bits per heavy atom. The Hall–Kier alpha value is -3.22. The first kappa shape index (κ1) is 59.9. The van der Waals surface area contributed by atoms with Gasteiger partial charge in [-0.15, -0.1) is 13.8 Å². The molecule has 0 aromatic heterocycles. The average molecular weight is 1050 g/mol.